The molecule has 0 saturated carbocycles. The molecule has 23 heavy (non-hydrogen) atoms. The van der Waals surface area contributed by atoms with Crippen molar-refractivity contribution in [2.45, 2.75) is 32.8 Å². The van der Waals surface area contributed by atoms with E-state index in [1.165, 1.54) is 0 Å². The van der Waals surface area contributed by atoms with E-state index in [1.54, 1.807) is 18.7 Å². The molecule has 2 heterocycles. The highest BCUT2D eigenvalue weighted by atomic mass is 16.4. The molecule has 1 aromatic carbocycles. The highest BCUT2D eigenvalue weighted by Gasteiger charge is 2.30. The van der Waals surface area contributed by atoms with Crippen LogP contribution in [0.5, 0.6) is 0 Å². The van der Waals surface area contributed by atoms with Crippen LogP contribution in [0.15, 0.2) is 34.7 Å². The lowest BCUT2D eigenvalue weighted by Crippen LogP contribution is -2.40. The van der Waals surface area contributed by atoms with Gasteiger partial charge in [0.15, 0.2) is 11.6 Å². The SMILES string of the molecule is Cc1nc(C(=O)N2CCC([C@@H](O)c3ccccc3)CC2)c(C)o1. The van der Waals surface area contributed by atoms with Crippen LogP contribution >= 0.6 is 0 Å². The van der Waals surface area contributed by atoms with Crippen molar-refractivity contribution in [2.24, 2.45) is 5.92 Å². The summed E-state index contributed by atoms with van der Waals surface area (Å²) in [4.78, 5) is 18.5. The van der Waals surface area contributed by atoms with E-state index < -0.39 is 6.10 Å². The largest absolute Gasteiger partial charge is 0.445 e. The van der Waals surface area contributed by atoms with Crippen molar-refractivity contribution in [3.05, 3.63) is 53.2 Å². The number of likely N-dealkylation sites (tertiary alicyclic amines) is 1. The monoisotopic (exact) mass is 314 g/mol. The fourth-order valence-corrected chi connectivity index (χ4v) is 3.22. The Morgan fingerprint density at radius 3 is 2.48 bits per heavy atom. The molecule has 1 aliphatic rings. The molecule has 3 rings (SSSR count). The van der Waals surface area contributed by atoms with Gasteiger partial charge in [0, 0.05) is 20.0 Å². The number of carbonyl (C=O) groups excluding carboxylic acids is 1. The van der Waals surface area contributed by atoms with Crippen LogP contribution in [0.25, 0.3) is 0 Å². The van der Waals surface area contributed by atoms with Gasteiger partial charge in [0.25, 0.3) is 5.91 Å². The average Bonchev–Trinajstić information content (AvgIpc) is 2.93. The average molecular weight is 314 g/mol. The van der Waals surface area contributed by atoms with Crippen molar-refractivity contribution in [1.82, 2.24) is 9.88 Å². The number of aryl methyl sites for hydroxylation is 2. The Labute approximate surface area is 135 Å². The zero-order valence-corrected chi connectivity index (χ0v) is 13.5. The number of rotatable bonds is 3. The second-order valence-electron chi connectivity index (χ2n) is 6.12. The number of piperidine rings is 1. The number of nitrogens with zero attached hydrogens (tertiary/aromatic N) is 2. The number of aliphatic hydroxyl groups is 1. The molecule has 1 saturated heterocycles. The Bertz CT molecular complexity index is 673. The molecule has 0 aliphatic carbocycles. The van der Waals surface area contributed by atoms with E-state index in [9.17, 15) is 9.90 Å². The lowest BCUT2D eigenvalue weighted by atomic mass is 9.87. The first kappa shape index (κ1) is 15.7. The van der Waals surface area contributed by atoms with Crippen molar-refractivity contribution in [1.29, 1.82) is 0 Å². The quantitative estimate of drug-likeness (QED) is 0.946. The van der Waals surface area contributed by atoms with E-state index in [0.717, 1.165) is 18.4 Å². The molecule has 1 aliphatic heterocycles. The summed E-state index contributed by atoms with van der Waals surface area (Å²) in [5, 5.41) is 10.5. The number of hydrogen-bond acceptors (Lipinski definition) is 4. The maximum absolute atomic E-state index is 12.5. The molecule has 0 bridgehead atoms. The highest BCUT2D eigenvalue weighted by Crippen LogP contribution is 2.31. The van der Waals surface area contributed by atoms with E-state index in [0.29, 0.717) is 30.4 Å². The van der Waals surface area contributed by atoms with E-state index in [2.05, 4.69) is 4.98 Å². The third-order valence-electron chi connectivity index (χ3n) is 4.52. The van der Waals surface area contributed by atoms with Gasteiger partial charge in [-0.15, -0.1) is 0 Å². The van der Waals surface area contributed by atoms with Gasteiger partial charge < -0.3 is 14.4 Å². The summed E-state index contributed by atoms with van der Waals surface area (Å²) in [7, 11) is 0. The minimum atomic E-state index is -0.468. The van der Waals surface area contributed by atoms with Gasteiger partial charge in [0.05, 0.1) is 6.10 Å². The maximum atomic E-state index is 12.5. The summed E-state index contributed by atoms with van der Waals surface area (Å²) >= 11 is 0. The van der Waals surface area contributed by atoms with Crippen LogP contribution in [0.1, 0.15) is 46.6 Å². The molecular formula is C18H22N2O3. The summed E-state index contributed by atoms with van der Waals surface area (Å²) in [6.07, 6.45) is 1.11. The van der Waals surface area contributed by atoms with Crippen molar-refractivity contribution in [3.63, 3.8) is 0 Å². The van der Waals surface area contributed by atoms with E-state index >= 15 is 0 Å². The number of aromatic nitrogens is 1. The molecule has 122 valence electrons. The Morgan fingerprint density at radius 1 is 1.26 bits per heavy atom. The Kier molecular flexibility index (Phi) is 4.48. The van der Waals surface area contributed by atoms with Crippen molar-refractivity contribution < 1.29 is 14.3 Å². The van der Waals surface area contributed by atoms with Gasteiger partial charge in [0.1, 0.15) is 5.76 Å². The zero-order chi connectivity index (χ0) is 16.4. The van der Waals surface area contributed by atoms with Gasteiger partial charge in [-0.2, -0.15) is 0 Å². The number of oxazole rings is 1. The number of carbonyl (C=O) groups is 1. The fourth-order valence-electron chi connectivity index (χ4n) is 3.22. The number of aliphatic hydroxyl groups excluding tert-OH is 1. The Hall–Kier alpha value is -2.14. The van der Waals surface area contributed by atoms with Crippen molar-refractivity contribution >= 4 is 5.91 Å². The van der Waals surface area contributed by atoms with Gasteiger partial charge in [-0.25, -0.2) is 4.98 Å². The lowest BCUT2D eigenvalue weighted by molar-refractivity contribution is 0.0458. The van der Waals surface area contributed by atoms with E-state index in [-0.39, 0.29) is 11.8 Å². The molecule has 0 unspecified atom stereocenters. The standard InChI is InChI=1S/C18H22N2O3/c1-12-16(19-13(2)23-12)18(22)20-10-8-15(9-11-20)17(21)14-6-4-3-5-7-14/h3-7,15,17,21H,8-11H2,1-2H3/t17-/m0/s1. The van der Waals surface area contributed by atoms with E-state index in [4.69, 9.17) is 4.42 Å². The molecule has 1 aromatic heterocycles. The van der Waals surface area contributed by atoms with Crippen LogP contribution in [-0.4, -0.2) is 34.0 Å². The summed E-state index contributed by atoms with van der Waals surface area (Å²) in [6, 6.07) is 9.72. The molecule has 1 N–H and O–H groups in total. The Morgan fingerprint density at radius 2 is 1.91 bits per heavy atom. The molecule has 1 atom stereocenters. The molecule has 5 nitrogen and oxygen atoms in total. The highest BCUT2D eigenvalue weighted by molar-refractivity contribution is 5.93. The van der Waals surface area contributed by atoms with Gasteiger partial charge in [0.2, 0.25) is 0 Å². The van der Waals surface area contributed by atoms with Crippen LogP contribution in [0.2, 0.25) is 0 Å². The lowest BCUT2D eigenvalue weighted by Gasteiger charge is -2.34. The molecular weight excluding hydrogens is 292 g/mol. The third kappa shape index (κ3) is 3.29. The topological polar surface area (TPSA) is 66.6 Å². The first-order valence-corrected chi connectivity index (χ1v) is 8.02. The first-order chi connectivity index (χ1) is 11.1. The second-order valence-corrected chi connectivity index (χ2v) is 6.12. The van der Waals surface area contributed by atoms with Crippen molar-refractivity contribution in [2.75, 3.05) is 13.1 Å². The summed E-state index contributed by atoms with van der Waals surface area (Å²) in [5.74, 6) is 1.19. The molecule has 0 radical (unpaired) electrons. The smallest absolute Gasteiger partial charge is 0.276 e. The summed E-state index contributed by atoms with van der Waals surface area (Å²) < 4.78 is 5.35. The maximum Gasteiger partial charge on any atom is 0.276 e. The Balaban J connectivity index is 1.62. The third-order valence-corrected chi connectivity index (χ3v) is 4.52. The number of benzene rings is 1. The van der Waals surface area contributed by atoms with Crippen molar-refractivity contribution in [3.8, 4) is 0 Å². The minimum absolute atomic E-state index is 0.0769. The molecule has 1 amide bonds. The van der Waals surface area contributed by atoms with Crippen LogP contribution in [0.4, 0.5) is 0 Å². The van der Waals surface area contributed by atoms with Gasteiger partial charge in [-0.1, -0.05) is 30.3 Å². The number of amides is 1. The van der Waals surface area contributed by atoms with Gasteiger partial charge in [-0.05, 0) is 31.2 Å². The zero-order valence-electron chi connectivity index (χ0n) is 13.5. The minimum Gasteiger partial charge on any atom is -0.445 e. The predicted octanol–water partition coefficient (Wildman–Crippen LogP) is 2.88. The van der Waals surface area contributed by atoms with Crippen LogP contribution in [-0.2, 0) is 0 Å². The molecule has 2 aromatic rings. The molecule has 0 spiro atoms. The molecule has 1 fully saturated rings. The summed E-state index contributed by atoms with van der Waals surface area (Å²) in [6.45, 7) is 4.78. The van der Waals surface area contributed by atoms with Crippen LogP contribution < -0.4 is 0 Å². The number of hydrogen-bond donors (Lipinski definition) is 1. The fraction of sp³-hybridized carbons (Fsp3) is 0.444. The van der Waals surface area contributed by atoms with Crippen LogP contribution in [0.3, 0.4) is 0 Å². The van der Waals surface area contributed by atoms with E-state index in [1.807, 2.05) is 30.3 Å². The van der Waals surface area contributed by atoms with Gasteiger partial charge in [-0.3, -0.25) is 4.79 Å². The van der Waals surface area contributed by atoms with Crippen LogP contribution in [0, 0.1) is 19.8 Å². The van der Waals surface area contributed by atoms with Gasteiger partial charge >= 0.3 is 0 Å². The first-order valence-electron chi connectivity index (χ1n) is 8.02. The predicted molar refractivity (Wildman–Crippen MR) is 86.0 cm³/mol. The molecule has 5 heteroatoms. The summed E-state index contributed by atoms with van der Waals surface area (Å²) in [5.41, 5.74) is 1.35. The normalized spacial score (nSPS) is 17.3. The second kappa shape index (κ2) is 6.54.